The predicted octanol–water partition coefficient (Wildman–Crippen LogP) is 3.33. The van der Waals surface area contributed by atoms with Gasteiger partial charge < -0.3 is 5.32 Å². The lowest BCUT2D eigenvalue weighted by Crippen LogP contribution is -2.50. The highest BCUT2D eigenvalue weighted by atomic mass is 32.2. The van der Waals surface area contributed by atoms with E-state index in [0.717, 1.165) is 36.2 Å². The average Bonchev–Trinajstić information content (AvgIpc) is 2.79. The molecule has 0 aliphatic heterocycles. The van der Waals surface area contributed by atoms with Gasteiger partial charge in [-0.3, -0.25) is 15.1 Å². The van der Waals surface area contributed by atoms with Gasteiger partial charge >= 0.3 is 0 Å². The molecule has 1 saturated carbocycles. The largest absolute Gasteiger partial charge is 0.382 e. The molecular formula is C21H26N4O4S2. The Morgan fingerprint density at radius 2 is 2.03 bits per heavy atom. The number of nitro benzene ring substituents is 1. The number of hydrogen-bond acceptors (Lipinski definition) is 6. The highest BCUT2D eigenvalue weighted by molar-refractivity contribution is 7.89. The monoisotopic (exact) mass is 462 g/mol. The molecule has 2 atom stereocenters. The summed E-state index contributed by atoms with van der Waals surface area (Å²) in [6, 6.07) is 8.81. The van der Waals surface area contributed by atoms with Gasteiger partial charge in [-0.15, -0.1) is 0 Å². The summed E-state index contributed by atoms with van der Waals surface area (Å²) in [7, 11) is -1.94. The molecule has 1 aliphatic rings. The molecule has 0 amide bonds. The molecule has 1 aromatic heterocycles. The second kappa shape index (κ2) is 9.80. The van der Waals surface area contributed by atoms with Gasteiger partial charge in [0.15, 0.2) is 0 Å². The summed E-state index contributed by atoms with van der Waals surface area (Å²) in [4.78, 5) is 15.3. The smallest absolute Gasteiger partial charge is 0.269 e. The maximum Gasteiger partial charge on any atom is 0.269 e. The van der Waals surface area contributed by atoms with E-state index in [1.807, 2.05) is 25.4 Å². The van der Waals surface area contributed by atoms with Crippen LogP contribution >= 0.6 is 12.2 Å². The van der Waals surface area contributed by atoms with E-state index in [4.69, 9.17) is 12.2 Å². The van der Waals surface area contributed by atoms with Crippen LogP contribution in [-0.4, -0.2) is 36.9 Å². The van der Waals surface area contributed by atoms with E-state index in [-0.39, 0.29) is 28.5 Å². The number of nitrogens with zero attached hydrogens (tertiary/aromatic N) is 2. The summed E-state index contributed by atoms with van der Waals surface area (Å²) in [6.45, 7) is 0.248. The van der Waals surface area contributed by atoms with Gasteiger partial charge in [0.05, 0.1) is 14.8 Å². The molecule has 0 bridgehead atoms. The van der Waals surface area contributed by atoms with E-state index in [1.54, 1.807) is 6.20 Å². The van der Waals surface area contributed by atoms with Gasteiger partial charge in [0.2, 0.25) is 10.0 Å². The van der Waals surface area contributed by atoms with Crippen LogP contribution in [0.15, 0.2) is 53.7 Å². The number of non-ortho nitro benzene ring substituents is 1. The van der Waals surface area contributed by atoms with Crippen molar-refractivity contribution in [3.63, 3.8) is 0 Å². The molecule has 2 unspecified atom stereocenters. The molecule has 10 heteroatoms. The van der Waals surface area contributed by atoms with Crippen molar-refractivity contribution in [3.05, 3.63) is 64.5 Å². The first-order chi connectivity index (χ1) is 14.8. The summed E-state index contributed by atoms with van der Waals surface area (Å²) in [6.07, 6.45) is 8.13. The Kier molecular flexibility index (Phi) is 7.34. The van der Waals surface area contributed by atoms with Crippen molar-refractivity contribution >= 4 is 32.9 Å². The van der Waals surface area contributed by atoms with Gasteiger partial charge in [0, 0.05) is 43.5 Å². The summed E-state index contributed by atoms with van der Waals surface area (Å²) in [5.41, 5.74) is 0.523. The Morgan fingerprint density at radius 3 is 2.65 bits per heavy atom. The van der Waals surface area contributed by atoms with E-state index in [1.165, 1.54) is 24.3 Å². The molecule has 1 fully saturated rings. The van der Waals surface area contributed by atoms with E-state index >= 15 is 0 Å². The average molecular weight is 463 g/mol. The lowest BCUT2D eigenvalue weighted by molar-refractivity contribution is -0.384. The lowest BCUT2D eigenvalue weighted by Gasteiger charge is -2.45. The molecule has 8 nitrogen and oxygen atoms in total. The van der Waals surface area contributed by atoms with Crippen molar-refractivity contribution in [1.29, 1.82) is 0 Å². The SMILES string of the molecule is CNC(=S)C1(c2cccnc2)CCCCC1CCNS(=O)(=O)c1ccc([N+](=O)[O-])cc1. The second-order valence-corrected chi connectivity index (χ2v) is 9.85. The number of sulfonamides is 1. The number of nitro groups is 1. The molecule has 1 heterocycles. The fraction of sp³-hybridized carbons (Fsp3) is 0.429. The summed E-state index contributed by atoms with van der Waals surface area (Å²) >= 11 is 5.75. The molecule has 0 spiro atoms. The van der Waals surface area contributed by atoms with E-state index in [0.29, 0.717) is 6.42 Å². The van der Waals surface area contributed by atoms with Gasteiger partial charge in [-0.05, 0) is 48.9 Å². The van der Waals surface area contributed by atoms with E-state index in [9.17, 15) is 18.5 Å². The van der Waals surface area contributed by atoms with Crippen LogP contribution in [0.2, 0.25) is 0 Å². The molecular weight excluding hydrogens is 436 g/mol. The van der Waals surface area contributed by atoms with E-state index in [2.05, 4.69) is 15.0 Å². The Bertz CT molecular complexity index is 1030. The fourth-order valence-corrected chi connectivity index (χ4v) is 5.93. The highest BCUT2D eigenvalue weighted by Gasteiger charge is 2.45. The Balaban J connectivity index is 1.77. The summed E-state index contributed by atoms with van der Waals surface area (Å²) in [5.74, 6) is 0.157. The van der Waals surface area contributed by atoms with Crippen molar-refractivity contribution in [2.75, 3.05) is 13.6 Å². The predicted molar refractivity (Wildman–Crippen MR) is 122 cm³/mol. The number of nitrogens with one attached hydrogen (secondary N) is 2. The van der Waals surface area contributed by atoms with E-state index < -0.39 is 14.9 Å². The molecule has 2 N–H and O–H groups in total. The van der Waals surface area contributed by atoms with Gasteiger partial charge in [-0.2, -0.15) is 0 Å². The van der Waals surface area contributed by atoms with Crippen molar-refractivity contribution in [2.24, 2.45) is 5.92 Å². The van der Waals surface area contributed by atoms with Crippen LogP contribution in [0.25, 0.3) is 0 Å². The second-order valence-electron chi connectivity index (χ2n) is 7.67. The first-order valence-corrected chi connectivity index (χ1v) is 12.1. The van der Waals surface area contributed by atoms with Crippen molar-refractivity contribution in [1.82, 2.24) is 15.0 Å². The Morgan fingerprint density at radius 1 is 1.29 bits per heavy atom. The first kappa shape index (κ1) is 23.2. The Labute approximate surface area is 187 Å². The van der Waals surface area contributed by atoms with Gasteiger partial charge in [0.1, 0.15) is 0 Å². The fourth-order valence-electron chi connectivity index (χ4n) is 4.49. The molecule has 1 aromatic carbocycles. The summed E-state index contributed by atoms with van der Waals surface area (Å²) < 4.78 is 27.9. The van der Waals surface area contributed by atoms with Crippen LogP contribution < -0.4 is 10.0 Å². The third-order valence-corrected chi connectivity index (χ3v) is 8.07. The standard InChI is InChI=1S/C21H26N4O4S2/c1-22-20(30)21(17-6-4-13-23-15-17)12-3-2-5-16(21)11-14-24-31(28,29)19-9-7-18(8-10-19)25(26)27/h4,6-10,13,15-16,24H,2-3,5,11-12,14H2,1H3,(H,22,30). The number of thiocarbonyl (C=S) groups is 1. The van der Waals surface area contributed by atoms with Crippen molar-refractivity contribution in [3.8, 4) is 0 Å². The zero-order chi connectivity index (χ0) is 22.5. The third kappa shape index (κ3) is 4.91. The molecule has 2 aromatic rings. The maximum atomic E-state index is 12.6. The number of pyridine rings is 1. The van der Waals surface area contributed by atoms with Crippen molar-refractivity contribution in [2.45, 2.75) is 42.4 Å². The number of rotatable bonds is 8. The normalized spacial score (nSPS) is 21.4. The number of aromatic nitrogens is 1. The molecule has 3 rings (SSSR count). The van der Waals surface area contributed by atoms with Crippen LogP contribution in [0.1, 0.15) is 37.7 Å². The topological polar surface area (TPSA) is 114 Å². The van der Waals surface area contributed by atoms with Crippen LogP contribution in [0.5, 0.6) is 0 Å². The minimum absolute atomic E-state index is 0.00557. The Hall–Kier alpha value is -2.43. The van der Waals surface area contributed by atoms with Gasteiger partial charge in [0.25, 0.3) is 5.69 Å². The maximum absolute atomic E-state index is 12.6. The highest BCUT2D eigenvalue weighted by Crippen LogP contribution is 2.46. The number of benzene rings is 1. The first-order valence-electron chi connectivity index (χ1n) is 10.2. The molecule has 166 valence electrons. The van der Waals surface area contributed by atoms with Crippen LogP contribution in [0.4, 0.5) is 5.69 Å². The molecule has 0 saturated heterocycles. The van der Waals surface area contributed by atoms with Crippen molar-refractivity contribution < 1.29 is 13.3 Å². The minimum Gasteiger partial charge on any atom is -0.382 e. The van der Waals surface area contributed by atoms with Crippen LogP contribution in [0, 0.1) is 16.0 Å². The number of likely N-dealkylation sites (N-methyl/N-ethyl adjacent to an activating group) is 1. The molecule has 1 aliphatic carbocycles. The molecule has 31 heavy (non-hydrogen) atoms. The van der Waals surface area contributed by atoms with Crippen LogP contribution in [0.3, 0.4) is 0 Å². The zero-order valence-electron chi connectivity index (χ0n) is 17.3. The van der Waals surface area contributed by atoms with Gasteiger partial charge in [-0.1, -0.05) is 31.1 Å². The molecule has 0 radical (unpaired) electrons. The van der Waals surface area contributed by atoms with Gasteiger partial charge in [-0.25, -0.2) is 13.1 Å². The zero-order valence-corrected chi connectivity index (χ0v) is 18.9. The third-order valence-electron chi connectivity index (χ3n) is 6.02. The number of hydrogen-bond donors (Lipinski definition) is 2. The van der Waals surface area contributed by atoms with Crippen LogP contribution in [-0.2, 0) is 15.4 Å². The summed E-state index contributed by atoms with van der Waals surface area (Å²) in [5, 5.41) is 13.9. The lowest BCUT2D eigenvalue weighted by atomic mass is 9.61. The minimum atomic E-state index is -3.76. The quantitative estimate of drug-likeness (QED) is 0.351.